The van der Waals surface area contributed by atoms with E-state index in [0.717, 1.165) is 17.1 Å². The Hall–Kier alpha value is -1.42. The van der Waals surface area contributed by atoms with Crippen molar-refractivity contribution in [3.05, 3.63) is 17.7 Å². The number of hydrogen-bond acceptors (Lipinski definition) is 4. The normalized spacial score (nSPS) is 12.1. The molecule has 0 aromatic heterocycles. The van der Waals surface area contributed by atoms with E-state index in [1.54, 1.807) is 21.3 Å². The lowest BCUT2D eigenvalue weighted by Crippen LogP contribution is -2.18. The van der Waals surface area contributed by atoms with Gasteiger partial charge in [0, 0.05) is 23.7 Å². The van der Waals surface area contributed by atoms with Gasteiger partial charge in [-0.2, -0.15) is 0 Å². The lowest BCUT2D eigenvalue weighted by Gasteiger charge is -2.16. The number of benzene rings is 1. The second kappa shape index (κ2) is 5.61. The number of nitrogens with two attached hydrogens (primary N) is 1. The molecule has 0 fully saturated rings. The number of rotatable bonds is 5. The van der Waals surface area contributed by atoms with E-state index in [0.29, 0.717) is 12.2 Å². The van der Waals surface area contributed by atoms with Gasteiger partial charge in [-0.25, -0.2) is 0 Å². The third kappa shape index (κ3) is 2.79. The van der Waals surface area contributed by atoms with E-state index < -0.39 is 0 Å². The zero-order valence-corrected chi connectivity index (χ0v) is 10.2. The monoisotopic (exact) mass is 226 g/mol. The van der Waals surface area contributed by atoms with Crippen LogP contribution in [0.2, 0.25) is 0 Å². The molecule has 2 N–H and O–H groups in total. The maximum absolute atomic E-state index is 5.80. The van der Waals surface area contributed by atoms with E-state index in [-0.39, 0.29) is 6.04 Å². The molecule has 0 bridgehead atoms. The Kier molecular flexibility index (Phi) is 4.43. The summed E-state index contributed by atoms with van der Waals surface area (Å²) in [6.45, 7) is 1.95. The topological polar surface area (TPSA) is 53.7 Å². The molecule has 0 aliphatic carbocycles. The summed E-state index contributed by atoms with van der Waals surface area (Å²) in [7, 11) is 4.86. The SMILES string of the molecule is COc1cc(OC)c(CC(C)N)[13c](OC)c1. The summed E-state index contributed by atoms with van der Waals surface area (Å²) in [5.74, 6) is 2.20. The molecule has 1 rings (SSSR count). The van der Waals surface area contributed by atoms with Crippen LogP contribution in [0.25, 0.3) is 0 Å². The molecule has 1 aromatic rings. The fourth-order valence-electron chi connectivity index (χ4n) is 1.60. The van der Waals surface area contributed by atoms with Crippen molar-refractivity contribution in [2.45, 2.75) is 19.4 Å². The van der Waals surface area contributed by atoms with Crippen LogP contribution in [0, 0.1) is 0 Å². The Morgan fingerprint density at radius 3 is 1.88 bits per heavy atom. The Morgan fingerprint density at radius 2 is 1.56 bits per heavy atom. The minimum absolute atomic E-state index is 0.0520. The maximum atomic E-state index is 5.80. The summed E-state index contributed by atoms with van der Waals surface area (Å²) in [4.78, 5) is 0. The Morgan fingerprint density at radius 1 is 1.06 bits per heavy atom. The molecule has 4 heteroatoms. The second-order valence-corrected chi connectivity index (χ2v) is 3.69. The third-order valence-electron chi connectivity index (χ3n) is 2.34. The van der Waals surface area contributed by atoms with E-state index in [9.17, 15) is 0 Å². The van der Waals surface area contributed by atoms with Crippen LogP contribution in [0.1, 0.15) is 12.5 Å². The lowest BCUT2D eigenvalue weighted by molar-refractivity contribution is 0.367. The summed E-state index contributed by atoms with van der Waals surface area (Å²) in [5, 5.41) is 0. The van der Waals surface area contributed by atoms with Crippen molar-refractivity contribution >= 4 is 0 Å². The highest BCUT2D eigenvalue weighted by Crippen LogP contribution is 2.34. The van der Waals surface area contributed by atoms with Crippen molar-refractivity contribution in [1.29, 1.82) is 0 Å². The largest absolute Gasteiger partial charge is 0.496 e. The van der Waals surface area contributed by atoms with Crippen molar-refractivity contribution in [2.24, 2.45) is 5.73 Å². The van der Waals surface area contributed by atoms with Gasteiger partial charge in [-0.1, -0.05) is 0 Å². The summed E-state index contributed by atoms with van der Waals surface area (Å²) in [6.07, 6.45) is 0.705. The third-order valence-corrected chi connectivity index (χ3v) is 2.34. The summed E-state index contributed by atoms with van der Waals surface area (Å²) >= 11 is 0. The van der Waals surface area contributed by atoms with Crippen molar-refractivity contribution in [1.82, 2.24) is 0 Å². The number of methoxy groups -OCH3 is 3. The Labute approximate surface area is 96.3 Å². The predicted molar refractivity (Wildman–Crippen MR) is 63.5 cm³/mol. The molecule has 1 unspecified atom stereocenters. The van der Waals surface area contributed by atoms with E-state index in [2.05, 4.69) is 0 Å². The van der Waals surface area contributed by atoms with Gasteiger partial charge in [-0.3, -0.25) is 0 Å². The minimum atomic E-state index is 0.0520. The summed E-state index contributed by atoms with van der Waals surface area (Å²) in [6, 6.07) is 3.72. The first-order chi connectivity index (χ1) is 7.62. The van der Waals surface area contributed by atoms with Crippen LogP contribution in [0.3, 0.4) is 0 Å². The first kappa shape index (κ1) is 12.6. The van der Waals surface area contributed by atoms with Crippen LogP contribution in [-0.2, 0) is 6.42 Å². The maximum Gasteiger partial charge on any atom is 0.129 e. The van der Waals surface area contributed by atoms with Crippen LogP contribution in [0.15, 0.2) is 12.1 Å². The van der Waals surface area contributed by atoms with Crippen LogP contribution in [-0.4, -0.2) is 27.4 Å². The minimum Gasteiger partial charge on any atom is -0.496 e. The van der Waals surface area contributed by atoms with E-state index in [4.69, 9.17) is 19.9 Å². The molecule has 1 aromatic carbocycles. The average molecular weight is 226 g/mol. The number of hydrogen-bond donors (Lipinski definition) is 1. The van der Waals surface area contributed by atoms with Crippen LogP contribution in [0.4, 0.5) is 0 Å². The second-order valence-electron chi connectivity index (χ2n) is 3.69. The highest BCUT2D eigenvalue weighted by molar-refractivity contribution is 5.51. The van der Waals surface area contributed by atoms with Gasteiger partial charge in [0.15, 0.2) is 0 Å². The lowest BCUT2D eigenvalue weighted by atomic mass is 10.1. The molecule has 4 nitrogen and oxygen atoms in total. The fraction of sp³-hybridized carbons (Fsp3) is 0.500. The van der Waals surface area contributed by atoms with E-state index >= 15 is 0 Å². The first-order valence-corrected chi connectivity index (χ1v) is 5.16. The molecule has 0 saturated heterocycles. The molecule has 0 spiro atoms. The van der Waals surface area contributed by atoms with Crippen LogP contribution in [0.5, 0.6) is 17.2 Å². The highest BCUT2D eigenvalue weighted by Gasteiger charge is 2.14. The Bertz CT molecular complexity index is 325. The van der Waals surface area contributed by atoms with Crippen molar-refractivity contribution in [3.8, 4) is 17.2 Å². The molecular formula is C12H19NO3. The quantitative estimate of drug-likeness (QED) is 0.828. The summed E-state index contributed by atoms with van der Waals surface area (Å²) < 4.78 is 15.8. The zero-order valence-electron chi connectivity index (χ0n) is 10.2. The van der Waals surface area contributed by atoms with Gasteiger partial charge in [0.05, 0.1) is 21.3 Å². The Balaban J connectivity index is 3.20. The van der Waals surface area contributed by atoms with Gasteiger partial charge in [0.25, 0.3) is 0 Å². The summed E-state index contributed by atoms with van der Waals surface area (Å²) in [5.41, 5.74) is 6.77. The van der Waals surface area contributed by atoms with Crippen LogP contribution >= 0.6 is 0 Å². The van der Waals surface area contributed by atoms with Gasteiger partial charge in [0.2, 0.25) is 0 Å². The molecule has 0 heterocycles. The van der Waals surface area contributed by atoms with Gasteiger partial charge in [-0.05, 0) is 13.3 Å². The molecule has 16 heavy (non-hydrogen) atoms. The standard InChI is InChI=1S/C12H19NO3/c1-8(13)5-10-11(15-3)6-9(14-2)7-12(10)16-4/h6-8H,5,13H2,1-4H3/i11+1. The molecule has 0 saturated carbocycles. The van der Waals surface area contributed by atoms with Gasteiger partial charge in [-0.15, -0.1) is 0 Å². The van der Waals surface area contributed by atoms with Gasteiger partial charge >= 0.3 is 0 Å². The molecule has 1 atom stereocenters. The molecular weight excluding hydrogens is 207 g/mol. The van der Waals surface area contributed by atoms with Crippen molar-refractivity contribution < 1.29 is 14.2 Å². The van der Waals surface area contributed by atoms with E-state index in [1.807, 2.05) is 19.1 Å². The molecule has 0 radical (unpaired) electrons. The van der Waals surface area contributed by atoms with Crippen molar-refractivity contribution in [3.63, 3.8) is 0 Å². The zero-order chi connectivity index (χ0) is 12.1. The van der Waals surface area contributed by atoms with Gasteiger partial charge in [0.1, 0.15) is 17.2 Å². The van der Waals surface area contributed by atoms with Crippen LogP contribution < -0.4 is 19.9 Å². The highest BCUT2D eigenvalue weighted by atomic mass is 16.5. The molecule has 0 aliphatic heterocycles. The fourth-order valence-corrected chi connectivity index (χ4v) is 1.60. The molecule has 0 aliphatic rings. The number of ether oxygens (including phenoxy) is 3. The smallest absolute Gasteiger partial charge is 0.129 e. The van der Waals surface area contributed by atoms with Gasteiger partial charge < -0.3 is 19.9 Å². The van der Waals surface area contributed by atoms with Crippen molar-refractivity contribution in [2.75, 3.05) is 21.3 Å². The van der Waals surface area contributed by atoms with E-state index in [1.165, 1.54) is 0 Å². The molecule has 0 amide bonds. The first-order valence-electron chi connectivity index (χ1n) is 5.16. The predicted octanol–water partition coefficient (Wildman–Crippen LogP) is 1.60. The average Bonchev–Trinajstić information content (AvgIpc) is 2.28. The molecule has 90 valence electrons.